The highest BCUT2D eigenvalue weighted by atomic mass is 32.1. The van der Waals surface area contributed by atoms with Gasteiger partial charge in [0.15, 0.2) is 11.6 Å². The lowest BCUT2D eigenvalue weighted by Gasteiger charge is -2.07. The summed E-state index contributed by atoms with van der Waals surface area (Å²) >= 11 is 1.27. The van der Waals surface area contributed by atoms with E-state index in [-0.39, 0.29) is 12.5 Å². The van der Waals surface area contributed by atoms with Crippen molar-refractivity contribution >= 4 is 22.4 Å². The molecule has 7 heteroatoms. The van der Waals surface area contributed by atoms with Crippen LogP contribution in [0.3, 0.4) is 0 Å². The van der Waals surface area contributed by atoms with Gasteiger partial charge in [0.1, 0.15) is 18.1 Å². The summed E-state index contributed by atoms with van der Waals surface area (Å²) in [7, 11) is 0. The van der Waals surface area contributed by atoms with Crippen LogP contribution in [-0.4, -0.2) is 22.7 Å². The first kappa shape index (κ1) is 17.9. The number of hydrogen-bond donors (Lipinski definition) is 1. The Bertz CT molecular complexity index is 895. The molecule has 1 amide bonds. The number of aryl methyl sites for hydroxylation is 2. The minimum atomic E-state index is -0.282. The van der Waals surface area contributed by atoms with Gasteiger partial charge in [-0.3, -0.25) is 10.1 Å². The summed E-state index contributed by atoms with van der Waals surface area (Å²) < 4.78 is 11.2. The van der Waals surface area contributed by atoms with Crippen molar-refractivity contribution in [1.29, 1.82) is 0 Å². The molecule has 0 unspecified atom stereocenters. The third-order valence-corrected chi connectivity index (χ3v) is 4.33. The van der Waals surface area contributed by atoms with Crippen molar-refractivity contribution in [2.24, 2.45) is 0 Å². The standard InChI is InChI=1S/C19H19N3O3S/c1-13-6-5-8-15(10-13)24-12-18-21-22-19(26-18)20-17(23)11-25-16-9-4-3-7-14(16)2/h3-10H,11-12H2,1-2H3,(H,20,22,23). The smallest absolute Gasteiger partial charge is 0.264 e. The molecule has 1 heterocycles. The minimum absolute atomic E-state index is 0.0838. The molecule has 6 nitrogen and oxygen atoms in total. The number of anilines is 1. The molecular formula is C19H19N3O3S. The lowest BCUT2D eigenvalue weighted by molar-refractivity contribution is -0.118. The summed E-state index contributed by atoms with van der Waals surface area (Å²) in [5.41, 5.74) is 2.10. The van der Waals surface area contributed by atoms with E-state index in [1.165, 1.54) is 11.3 Å². The van der Waals surface area contributed by atoms with Crippen LogP contribution in [0.15, 0.2) is 48.5 Å². The number of aromatic nitrogens is 2. The maximum Gasteiger partial charge on any atom is 0.264 e. The normalized spacial score (nSPS) is 10.4. The zero-order chi connectivity index (χ0) is 18.4. The number of carbonyl (C=O) groups excluding carboxylic acids is 1. The number of rotatable bonds is 7. The van der Waals surface area contributed by atoms with Gasteiger partial charge in [0, 0.05) is 0 Å². The highest BCUT2D eigenvalue weighted by Gasteiger charge is 2.10. The molecule has 3 aromatic rings. The van der Waals surface area contributed by atoms with Gasteiger partial charge >= 0.3 is 0 Å². The number of benzene rings is 2. The Balaban J connectivity index is 1.48. The largest absolute Gasteiger partial charge is 0.486 e. The number of carbonyl (C=O) groups is 1. The molecule has 0 saturated carbocycles. The molecule has 2 aromatic carbocycles. The van der Waals surface area contributed by atoms with Crippen LogP contribution in [0.25, 0.3) is 0 Å². The maximum absolute atomic E-state index is 12.0. The fourth-order valence-electron chi connectivity index (χ4n) is 2.23. The maximum atomic E-state index is 12.0. The van der Waals surface area contributed by atoms with E-state index in [1.54, 1.807) is 0 Å². The summed E-state index contributed by atoms with van der Waals surface area (Å²) in [4.78, 5) is 12.0. The second kappa shape index (κ2) is 8.44. The number of nitrogens with one attached hydrogen (secondary N) is 1. The lowest BCUT2D eigenvalue weighted by Crippen LogP contribution is -2.20. The summed E-state index contributed by atoms with van der Waals surface area (Å²) in [5, 5.41) is 11.8. The first-order valence-electron chi connectivity index (χ1n) is 8.10. The van der Waals surface area contributed by atoms with Crippen molar-refractivity contribution in [3.63, 3.8) is 0 Å². The second-order valence-electron chi connectivity index (χ2n) is 5.71. The van der Waals surface area contributed by atoms with Crippen molar-refractivity contribution in [3.8, 4) is 11.5 Å². The molecule has 0 radical (unpaired) electrons. The summed E-state index contributed by atoms with van der Waals surface area (Å²) in [6.45, 7) is 4.15. The van der Waals surface area contributed by atoms with Crippen molar-refractivity contribution in [2.45, 2.75) is 20.5 Å². The van der Waals surface area contributed by atoms with E-state index in [0.29, 0.717) is 22.5 Å². The van der Waals surface area contributed by atoms with Gasteiger partial charge in [0.2, 0.25) is 5.13 Å². The van der Waals surface area contributed by atoms with Crippen molar-refractivity contribution in [3.05, 3.63) is 64.7 Å². The molecule has 134 valence electrons. The number of hydrogen-bond acceptors (Lipinski definition) is 6. The molecule has 0 spiro atoms. The van der Waals surface area contributed by atoms with Crippen LogP contribution in [0.1, 0.15) is 16.1 Å². The van der Waals surface area contributed by atoms with E-state index < -0.39 is 0 Å². The predicted molar refractivity (Wildman–Crippen MR) is 101 cm³/mol. The highest BCUT2D eigenvalue weighted by Crippen LogP contribution is 2.19. The van der Waals surface area contributed by atoms with Crippen molar-refractivity contribution < 1.29 is 14.3 Å². The van der Waals surface area contributed by atoms with E-state index in [1.807, 2.05) is 62.4 Å². The molecule has 0 saturated heterocycles. The predicted octanol–water partition coefficient (Wildman–Crippen LogP) is 3.75. The fourth-order valence-corrected chi connectivity index (χ4v) is 2.90. The van der Waals surface area contributed by atoms with Gasteiger partial charge in [0.25, 0.3) is 5.91 Å². The number of ether oxygens (including phenoxy) is 2. The monoisotopic (exact) mass is 369 g/mol. The van der Waals surface area contributed by atoms with Crippen LogP contribution in [0.5, 0.6) is 11.5 Å². The molecule has 0 aliphatic carbocycles. The number of para-hydroxylation sites is 1. The van der Waals surface area contributed by atoms with Crippen LogP contribution >= 0.6 is 11.3 Å². The molecule has 26 heavy (non-hydrogen) atoms. The van der Waals surface area contributed by atoms with Crippen LogP contribution in [0.2, 0.25) is 0 Å². The third kappa shape index (κ3) is 5.03. The average Bonchev–Trinajstić information content (AvgIpc) is 3.07. The van der Waals surface area contributed by atoms with Crippen LogP contribution < -0.4 is 14.8 Å². The van der Waals surface area contributed by atoms with Gasteiger partial charge in [0.05, 0.1) is 0 Å². The van der Waals surface area contributed by atoms with Gasteiger partial charge < -0.3 is 9.47 Å². The quantitative estimate of drug-likeness (QED) is 0.687. The third-order valence-electron chi connectivity index (χ3n) is 3.52. The van der Waals surface area contributed by atoms with Gasteiger partial charge in [-0.05, 0) is 43.2 Å². The van der Waals surface area contributed by atoms with Gasteiger partial charge in [-0.2, -0.15) is 0 Å². The van der Waals surface area contributed by atoms with E-state index in [4.69, 9.17) is 9.47 Å². The Hall–Kier alpha value is -2.93. The molecule has 0 fully saturated rings. The van der Waals surface area contributed by atoms with Crippen LogP contribution in [0.4, 0.5) is 5.13 Å². The zero-order valence-corrected chi connectivity index (χ0v) is 15.4. The Morgan fingerprint density at radius 1 is 1.08 bits per heavy atom. The first-order chi connectivity index (χ1) is 12.6. The van der Waals surface area contributed by atoms with E-state index in [0.717, 1.165) is 16.9 Å². The Kier molecular flexibility index (Phi) is 5.80. The van der Waals surface area contributed by atoms with E-state index in [2.05, 4.69) is 15.5 Å². The second-order valence-corrected chi connectivity index (χ2v) is 6.77. The average molecular weight is 369 g/mol. The van der Waals surface area contributed by atoms with Crippen LogP contribution in [0, 0.1) is 13.8 Å². The molecule has 3 rings (SSSR count). The molecular weight excluding hydrogens is 350 g/mol. The molecule has 0 aliphatic heterocycles. The number of amides is 1. The molecule has 1 N–H and O–H groups in total. The summed E-state index contributed by atoms with van der Waals surface area (Å²) in [6, 6.07) is 15.3. The topological polar surface area (TPSA) is 73.3 Å². The Morgan fingerprint density at radius 2 is 1.92 bits per heavy atom. The summed E-state index contributed by atoms with van der Waals surface area (Å²) in [6.07, 6.45) is 0. The summed E-state index contributed by atoms with van der Waals surface area (Å²) in [5.74, 6) is 1.18. The number of nitrogens with zero attached hydrogens (tertiary/aromatic N) is 2. The minimum Gasteiger partial charge on any atom is -0.486 e. The van der Waals surface area contributed by atoms with E-state index >= 15 is 0 Å². The van der Waals surface area contributed by atoms with E-state index in [9.17, 15) is 4.79 Å². The van der Waals surface area contributed by atoms with Gasteiger partial charge in [-0.1, -0.05) is 41.7 Å². The zero-order valence-electron chi connectivity index (χ0n) is 14.6. The van der Waals surface area contributed by atoms with Crippen molar-refractivity contribution in [1.82, 2.24) is 10.2 Å². The SMILES string of the molecule is Cc1cccc(OCc2nnc(NC(=O)COc3ccccc3C)s2)c1. The van der Waals surface area contributed by atoms with Crippen molar-refractivity contribution in [2.75, 3.05) is 11.9 Å². The van der Waals surface area contributed by atoms with Gasteiger partial charge in [-0.25, -0.2) is 0 Å². The Labute approximate surface area is 155 Å². The lowest BCUT2D eigenvalue weighted by atomic mass is 10.2. The Morgan fingerprint density at radius 3 is 2.73 bits per heavy atom. The highest BCUT2D eigenvalue weighted by molar-refractivity contribution is 7.15. The fraction of sp³-hybridized carbons (Fsp3) is 0.211. The molecule has 0 aliphatic rings. The first-order valence-corrected chi connectivity index (χ1v) is 8.92. The molecule has 1 aromatic heterocycles. The molecule has 0 atom stereocenters. The van der Waals surface area contributed by atoms with Crippen LogP contribution in [-0.2, 0) is 11.4 Å². The molecule has 0 bridgehead atoms. The van der Waals surface area contributed by atoms with Gasteiger partial charge in [-0.15, -0.1) is 10.2 Å².